The van der Waals surface area contributed by atoms with Crippen LogP contribution in [-0.2, 0) is 0 Å². The van der Waals surface area contributed by atoms with Gasteiger partial charge in [-0.15, -0.1) is 11.3 Å². The maximum atomic E-state index is 10.5. The van der Waals surface area contributed by atoms with Crippen molar-refractivity contribution in [3.63, 3.8) is 0 Å². The topological polar surface area (TPSA) is 135 Å². The molecule has 1 aromatic carbocycles. The van der Waals surface area contributed by atoms with Crippen molar-refractivity contribution in [2.75, 3.05) is 30.3 Å². The predicted molar refractivity (Wildman–Crippen MR) is 120 cm³/mol. The molecule has 164 valence electrons. The van der Waals surface area contributed by atoms with Gasteiger partial charge < -0.3 is 31.3 Å². The molecule has 9 nitrogen and oxygen atoms in total. The highest BCUT2D eigenvalue weighted by atomic mass is 32.1. The molecule has 3 aromatic rings. The summed E-state index contributed by atoms with van der Waals surface area (Å²) in [6.45, 7) is 1.64. The van der Waals surface area contributed by atoms with Crippen LogP contribution in [0.3, 0.4) is 0 Å². The molecule has 31 heavy (non-hydrogen) atoms. The Kier molecular flexibility index (Phi) is 5.72. The Bertz CT molecular complexity index is 1020. The Morgan fingerprint density at radius 1 is 1.13 bits per heavy atom. The second-order valence-corrected chi connectivity index (χ2v) is 9.22. The van der Waals surface area contributed by atoms with Gasteiger partial charge in [0.2, 0.25) is 5.95 Å². The Morgan fingerprint density at radius 2 is 2.00 bits per heavy atom. The van der Waals surface area contributed by atoms with E-state index in [1.54, 1.807) is 17.5 Å². The number of anilines is 2. The van der Waals surface area contributed by atoms with E-state index in [-0.39, 0.29) is 18.6 Å². The third-order valence-corrected chi connectivity index (χ3v) is 7.13. The summed E-state index contributed by atoms with van der Waals surface area (Å²) in [5.74, 6) is 0.688. The third kappa shape index (κ3) is 4.09. The Balaban J connectivity index is 1.49. The van der Waals surface area contributed by atoms with E-state index in [1.165, 1.54) is 0 Å². The third-order valence-electron chi connectivity index (χ3n) is 6.07. The Morgan fingerprint density at radius 3 is 2.74 bits per heavy atom. The first kappa shape index (κ1) is 20.5. The molecule has 1 aliphatic heterocycles. The number of thiazole rings is 1. The van der Waals surface area contributed by atoms with Gasteiger partial charge >= 0.3 is 0 Å². The molecule has 6 N–H and O–H groups in total. The molecule has 5 rings (SSSR count). The molecule has 0 bridgehead atoms. The van der Waals surface area contributed by atoms with E-state index in [1.807, 2.05) is 24.3 Å². The molecule has 0 amide bonds. The minimum atomic E-state index is -0.995. The number of nitrogens with zero attached hydrogens (tertiary/aromatic N) is 3. The molecule has 0 radical (unpaired) electrons. The highest BCUT2D eigenvalue weighted by Crippen LogP contribution is 2.36. The van der Waals surface area contributed by atoms with Gasteiger partial charge in [-0.05, 0) is 31.5 Å². The number of aliphatic hydroxyl groups is 3. The number of aromatic nitrogens is 3. The van der Waals surface area contributed by atoms with Crippen molar-refractivity contribution in [3.05, 3.63) is 30.5 Å². The van der Waals surface area contributed by atoms with Crippen LogP contribution < -0.4 is 16.0 Å². The molecule has 2 aromatic heterocycles. The SMILES string of the molecule is OC[C@H]1C[C@@H](Nc2nc(NC3CCNC3)ncc2-c2nc3ccccc3s2)[C@H](O)[C@@H]1O. The van der Waals surface area contributed by atoms with Crippen LogP contribution >= 0.6 is 11.3 Å². The number of benzene rings is 1. The van der Waals surface area contributed by atoms with E-state index >= 15 is 0 Å². The van der Waals surface area contributed by atoms with Gasteiger partial charge in [0.05, 0.1) is 27.9 Å². The summed E-state index contributed by atoms with van der Waals surface area (Å²) < 4.78 is 1.07. The van der Waals surface area contributed by atoms with Crippen molar-refractivity contribution < 1.29 is 15.3 Å². The first-order chi connectivity index (χ1) is 15.1. The van der Waals surface area contributed by atoms with Crippen molar-refractivity contribution in [2.24, 2.45) is 5.92 Å². The lowest BCUT2D eigenvalue weighted by molar-refractivity contribution is 0.00446. The van der Waals surface area contributed by atoms with Crippen LogP contribution in [-0.4, -0.2) is 74.3 Å². The summed E-state index contributed by atoms with van der Waals surface area (Å²) in [5, 5.41) is 41.0. The lowest BCUT2D eigenvalue weighted by atomic mass is 10.1. The number of fused-ring (bicyclic) bond motifs is 1. The van der Waals surface area contributed by atoms with Crippen LogP contribution in [0.1, 0.15) is 12.8 Å². The zero-order valence-electron chi connectivity index (χ0n) is 16.9. The highest BCUT2D eigenvalue weighted by molar-refractivity contribution is 7.21. The molecule has 1 unspecified atom stereocenters. The number of aliphatic hydroxyl groups excluding tert-OH is 3. The molecule has 10 heteroatoms. The van der Waals surface area contributed by atoms with Gasteiger partial charge in [-0.25, -0.2) is 9.97 Å². The van der Waals surface area contributed by atoms with Gasteiger partial charge in [0.25, 0.3) is 0 Å². The van der Waals surface area contributed by atoms with Crippen molar-refractivity contribution >= 4 is 33.3 Å². The normalized spacial score (nSPS) is 28.3. The monoisotopic (exact) mass is 442 g/mol. The second-order valence-electron chi connectivity index (χ2n) is 8.19. The Labute approximate surface area is 183 Å². The highest BCUT2D eigenvalue weighted by Gasteiger charge is 2.41. The summed E-state index contributed by atoms with van der Waals surface area (Å²) in [4.78, 5) is 14.0. The molecule has 2 aliphatic rings. The van der Waals surface area contributed by atoms with Crippen molar-refractivity contribution in [2.45, 2.75) is 37.1 Å². The zero-order chi connectivity index (χ0) is 21.4. The minimum Gasteiger partial charge on any atom is -0.396 e. The number of hydrogen-bond donors (Lipinski definition) is 6. The lowest BCUT2D eigenvalue weighted by Crippen LogP contribution is -2.35. The maximum absolute atomic E-state index is 10.5. The van der Waals surface area contributed by atoms with Gasteiger partial charge in [-0.2, -0.15) is 4.98 Å². The number of nitrogens with one attached hydrogen (secondary N) is 3. The van der Waals surface area contributed by atoms with E-state index < -0.39 is 18.2 Å². The van der Waals surface area contributed by atoms with Crippen LogP contribution in [0, 0.1) is 5.92 Å². The summed E-state index contributed by atoms with van der Waals surface area (Å²) in [7, 11) is 0. The van der Waals surface area contributed by atoms with Gasteiger partial charge in [-0.3, -0.25) is 0 Å². The maximum Gasteiger partial charge on any atom is 0.224 e. The van der Waals surface area contributed by atoms with E-state index in [0.29, 0.717) is 18.2 Å². The van der Waals surface area contributed by atoms with E-state index in [2.05, 4.69) is 20.9 Å². The van der Waals surface area contributed by atoms with Crippen LogP contribution in [0.15, 0.2) is 30.5 Å². The molecule has 1 saturated carbocycles. The molecule has 1 aliphatic carbocycles. The number of rotatable bonds is 6. The molecule has 3 heterocycles. The second kappa shape index (κ2) is 8.64. The fourth-order valence-corrected chi connectivity index (χ4v) is 5.27. The first-order valence-electron chi connectivity index (χ1n) is 10.6. The summed E-state index contributed by atoms with van der Waals surface area (Å²) in [6, 6.07) is 7.75. The van der Waals surface area contributed by atoms with E-state index in [4.69, 9.17) is 9.97 Å². The summed E-state index contributed by atoms with van der Waals surface area (Å²) in [5.41, 5.74) is 1.65. The fourth-order valence-electron chi connectivity index (χ4n) is 4.29. The van der Waals surface area contributed by atoms with Gasteiger partial charge in [0.15, 0.2) is 0 Å². The van der Waals surface area contributed by atoms with Crippen molar-refractivity contribution in [1.82, 2.24) is 20.3 Å². The van der Waals surface area contributed by atoms with E-state index in [0.717, 1.165) is 40.3 Å². The molecule has 0 spiro atoms. The summed E-state index contributed by atoms with van der Waals surface area (Å²) in [6.07, 6.45) is 1.22. The quantitative estimate of drug-likeness (QED) is 0.331. The number of hydrogen-bond acceptors (Lipinski definition) is 10. The van der Waals surface area contributed by atoms with Crippen LogP contribution in [0.25, 0.3) is 20.8 Å². The molecule has 5 atom stereocenters. The van der Waals surface area contributed by atoms with Crippen molar-refractivity contribution in [1.29, 1.82) is 0 Å². The molecular formula is C21H26N6O3S. The van der Waals surface area contributed by atoms with E-state index in [9.17, 15) is 15.3 Å². The standard InChI is InChI=1S/C21H26N6O3S/c28-10-11-7-15(18(30)17(11)29)25-19-13(20-26-14-3-1-2-4-16(14)31-20)9-23-21(27-19)24-12-5-6-22-8-12/h1-4,9,11-12,15,17-18,22,28-30H,5-8,10H2,(H2,23,24,25,27)/t11-,12?,15-,17-,18+/m1/s1. The number of para-hydroxylation sites is 1. The van der Waals surface area contributed by atoms with Gasteiger partial charge in [0.1, 0.15) is 16.9 Å². The molecular weight excluding hydrogens is 416 g/mol. The molecule has 2 fully saturated rings. The van der Waals surface area contributed by atoms with Gasteiger partial charge in [0, 0.05) is 31.3 Å². The lowest BCUT2D eigenvalue weighted by Gasteiger charge is -2.21. The first-order valence-corrected chi connectivity index (χ1v) is 11.4. The zero-order valence-corrected chi connectivity index (χ0v) is 17.7. The van der Waals surface area contributed by atoms with Crippen LogP contribution in [0.2, 0.25) is 0 Å². The largest absolute Gasteiger partial charge is 0.396 e. The average Bonchev–Trinajstić information content (AvgIpc) is 3.50. The smallest absolute Gasteiger partial charge is 0.224 e. The van der Waals surface area contributed by atoms with Crippen LogP contribution in [0.5, 0.6) is 0 Å². The molecule has 1 saturated heterocycles. The fraction of sp³-hybridized carbons (Fsp3) is 0.476. The average molecular weight is 443 g/mol. The summed E-state index contributed by atoms with van der Waals surface area (Å²) >= 11 is 1.55. The minimum absolute atomic E-state index is 0.174. The predicted octanol–water partition coefficient (Wildman–Crippen LogP) is 1.04. The van der Waals surface area contributed by atoms with Crippen LogP contribution in [0.4, 0.5) is 11.8 Å². The van der Waals surface area contributed by atoms with Gasteiger partial charge in [-0.1, -0.05) is 12.1 Å². The van der Waals surface area contributed by atoms with Crippen molar-refractivity contribution in [3.8, 4) is 10.6 Å². The Hall–Kier alpha value is -2.37.